The van der Waals surface area contributed by atoms with E-state index in [2.05, 4.69) is 0 Å². The summed E-state index contributed by atoms with van der Waals surface area (Å²) < 4.78 is 5.74. The molecule has 0 radical (unpaired) electrons. The molecule has 0 atom stereocenters. The molecule has 0 spiro atoms. The van der Waals surface area contributed by atoms with Gasteiger partial charge in [0.25, 0.3) is 0 Å². The van der Waals surface area contributed by atoms with Crippen molar-refractivity contribution in [3.8, 4) is 0 Å². The molecule has 0 saturated carbocycles. The minimum atomic E-state index is -0.220. The Hall–Kier alpha value is -0.540. The topological polar surface area (TPSA) is 26.3 Å². The molecular formula is C10H11ClO2S. The third-order valence-corrected chi connectivity index (χ3v) is 3.88. The number of hydrogen-bond acceptors (Lipinski definition) is 3. The van der Waals surface area contributed by atoms with E-state index < -0.39 is 0 Å². The monoisotopic (exact) mass is 230 g/mol. The number of thiophene rings is 1. The Morgan fingerprint density at radius 3 is 2.93 bits per heavy atom. The molecule has 76 valence electrons. The van der Waals surface area contributed by atoms with Crippen molar-refractivity contribution in [3.63, 3.8) is 0 Å². The van der Waals surface area contributed by atoms with Crippen molar-refractivity contribution in [1.82, 2.24) is 0 Å². The minimum absolute atomic E-state index is 0.220. The molecule has 2 nitrogen and oxygen atoms in total. The Kier molecular flexibility index (Phi) is 2.79. The number of rotatable bonds is 2. The lowest BCUT2D eigenvalue weighted by molar-refractivity contribution is 0.0531. The summed E-state index contributed by atoms with van der Waals surface area (Å²) in [5.41, 5.74) is 2.29. The fourth-order valence-electron chi connectivity index (χ4n) is 1.79. The van der Waals surface area contributed by atoms with Crippen LogP contribution in [-0.2, 0) is 17.6 Å². The third-order valence-electron chi connectivity index (χ3n) is 2.38. The van der Waals surface area contributed by atoms with Crippen LogP contribution in [0.3, 0.4) is 0 Å². The summed E-state index contributed by atoms with van der Waals surface area (Å²) in [5, 5.41) is 0. The first-order valence-corrected chi connectivity index (χ1v) is 5.90. The standard InChI is InChI=1S/C10H11ClO2S/c1-2-13-10(12)8-6-4-3-5-7(6)9(11)14-8/h2-5H2,1H3. The zero-order chi connectivity index (χ0) is 10.1. The van der Waals surface area contributed by atoms with Crippen LogP contribution in [-0.4, -0.2) is 12.6 Å². The Morgan fingerprint density at radius 2 is 2.21 bits per heavy atom. The molecule has 0 amide bonds. The lowest BCUT2D eigenvalue weighted by Crippen LogP contribution is -2.04. The summed E-state index contributed by atoms with van der Waals surface area (Å²) in [5.74, 6) is -0.220. The first-order valence-electron chi connectivity index (χ1n) is 4.71. The Balaban J connectivity index is 2.35. The maximum absolute atomic E-state index is 11.5. The number of hydrogen-bond donors (Lipinski definition) is 0. The molecule has 1 aromatic heterocycles. The number of ether oxygens (including phenoxy) is 1. The van der Waals surface area contributed by atoms with Gasteiger partial charge in [0.05, 0.1) is 10.9 Å². The predicted molar refractivity (Wildman–Crippen MR) is 57.3 cm³/mol. The van der Waals surface area contributed by atoms with Gasteiger partial charge < -0.3 is 4.74 Å². The van der Waals surface area contributed by atoms with Crippen LogP contribution in [0.2, 0.25) is 4.34 Å². The summed E-state index contributed by atoms with van der Waals surface area (Å²) in [6.45, 7) is 2.23. The third kappa shape index (κ3) is 1.55. The second kappa shape index (κ2) is 3.91. The Labute approximate surface area is 91.8 Å². The van der Waals surface area contributed by atoms with Crippen molar-refractivity contribution in [2.24, 2.45) is 0 Å². The summed E-state index contributed by atoms with van der Waals surface area (Å²) in [7, 11) is 0. The van der Waals surface area contributed by atoms with E-state index in [1.165, 1.54) is 16.9 Å². The van der Waals surface area contributed by atoms with Gasteiger partial charge in [0.15, 0.2) is 0 Å². The van der Waals surface area contributed by atoms with Crippen molar-refractivity contribution in [2.45, 2.75) is 26.2 Å². The summed E-state index contributed by atoms with van der Waals surface area (Å²) in [6, 6.07) is 0. The summed E-state index contributed by atoms with van der Waals surface area (Å²) >= 11 is 7.40. The molecule has 4 heteroatoms. The van der Waals surface area contributed by atoms with Crippen LogP contribution in [0, 0.1) is 0 Å². The smallest absolute Gasteiger partial charge is 0.348 e. The molecule has 2 rings (SSSR count). The molecule has 0 fully saturated rings. The second-order valence-electron chi connectivity index (χ2n) is 3.24. The average molecular weight is 231 g/mol. The van der Waals surface area contributed by atoms with E-state index in [0.29, 0.717) is 11.5 Å². The first kappa shape index (κ1) is 9.99. The van der Waals surface area contributed by atoms with E-state index >= 15 is 0 Å². The maximum atomic E-state index is 11.5. The Morgan fingerprint density at radius 1 is 1.50 bits per heavy atom. The van der Waals surface area contributed by atoms with Crippen LogP contribution in [0.25, 0.3) is 0 Å². The first-order chi connectivity index (χ1) is 6.74. The molecule has 1 aliphatic rings. The molecule has 0 bridgehead atoms. The van der Waals surface area contributed by atoms with E-state index in [1.54, 1.807) is 0 Å². The lowest BCUT2D eigenvalue weighted by atomic mass is 10.2. The molecule has 0 saturated heterocycles. The van der Waals surface area contributed by atoms with Crippen molar-refractivity contribution in [1.29, 1.82) is 0 Å². The summed E-state index contributed by atoms with van der Waals surface area (Å²) in [4.78, 5) is 12.3. The van der Waals surface area contributed by atoms with E-state index in [1.807, 2.05) is 6.92 Å². The highest BCUT2D eigenvalue weighted by atomic mass is 35.5. The molecule has 14 heavy (non-hydrogen) atoms. The van der Waals surface area contributed by atoms with Crippen LogP contribution in [0.4, 0.5) is 0 Å². The molecule has 1 aliphatic carbocycles. The highest BCUT2D eigenvalue weighted by Gasteiger charge is 2.25. The SMILES string of the molecule is CCOC(=O)c1sc(Cl)c2c1CCC2. The van der Waals surface area contributed by atoms with Gasteiger partial charge in [-0.3, -0.25) is 0 Å². The molecule has 1 heterocycles. The molecule has 0 aromatic carbocycles. The van der Waals surface area contributed by atoms with E-state index in [-0.39, 0.29) is 5.97 Å². The van der Waals surface area contributed by atoms with Crippen molar-refractivity contribution >= 4 is 28.9 Å². The summed E-state index contributed by atoms with van der Waals surface area (Å²) in [6.07, 6.45) is 3.07. The van der Waals surface area contributed by atoms with Gasteiger partial charge in [0.1, 0.15) is 4.88 Å². The number of fused-ring (bicyclic) bond motifs is 1. The van der Waals surface area contributed by atoms with Crippen LogP contribution in [0.5, 0.6) is 0 Å². The normalized spacial score (nSPS) is 14.1. The fourth-order valence-corrected chi connectivity index (χ4v) is 3.24. The van der Waals surface area contributed by atoms with Gasteiger partial charge in [0.2, 0.25) is 0 Å². The Bertz CT molecular complexity index is 370. The second-order valence-corrected chi connectivity index (χ2v) is 4.86. The molecule has 0 N–H and O–H groups in total. The van der Waals surface area contributed by atoms with E-state index in [9.17, 15) is 4.79 Å². The average Bonchev–Trinajstić information content (AvgIpc) is 2.70. The maximum Gasteiger partial charge on any atom is 0.348 e. The van der Waals surface area contributed by atoms with Gasteiger partial charge in [-0.2, -0.15) is 0 Å². The van der Waals surface area contributed by atoms with Crippen LogP contribution >= 0.6 is 22.9 Å². The zero-order valence-electron chi connectivity index (χ0n) is 7.93. The van der Waals surface area contributed by atoms with Gasteiger partial charge in [-0.05, 0) is 37.3 Å². The van der Waals surface area contributed by atoms with E-state index in [0.717, 1.165) is 29.2 Å². The molecular weight excluding hydrogens is 220 g/mol. The quantitative estimate of drug-likeness (QED) is 0.730. The van der Waals surface area contributed by atoms with Crippen LogP contribution in [0.15, 0.2) is 0 Å². The van der Waals surface area contributed by atoms with Gasteiger partial charge >= 0.3 is 5.97 Å². The number of halogens is 1. The van der Waals surface area contributed by atoms with Crippen molar-refractivity contribution < 1.29 is 9.53 Å². The van der Waals surface area contributed by atoms with Crippen molar-refractivity contribution in [3.05, 3.63) is 20.3 Å². The van der Waals surface area contributed by atoms with E-state index in [4.69, 9.17) is 16.3 Å². The zero-order valence-corrected chi connectivity index (χ0v) is 9.50. The van der Waals surface area contributed by atoms with Gasteiger partial charge in [-0.25, -0.2) is 4.79 Å². The van der Waals surface area contributed by atoms with Crippen molar-refractivity contribution in [2.75, 3.05) is 6.61 Å². The number of carbonyl (C=O) groups is 1. The molecule has 1 aromatic rings. The van der Waals surface area contributed by atoms with Gasteiger partial charge in [-0.1, -0.05) is 11.6 Å². The minimum Gasteiger partial charge on any atom is -0.462 e. The largest absolute Gasteiger partial charge is 0.462 e. The van der Waals surface area contributed by atoms with Crippen LogP contribution in [0.1, 0.15) is 34.1 Å². The fraction of sp³-hybridized carbons (Fsp3) is 0.500. The predicted octanol–water partition coefficient (Wildman–Crippen LogP) is 3.07. The molecule has 0 aliphatic heterocycles. The highest BCUT2D eigenvalue weighted by Crippen LogP contribution is 2.38. The highest BCUT2D eigenvalue weighted by molar-refractivity contribution is 7.18. The van der Waals surface area contributed by atoms with Gasteiger partial charge in [-0.15, -0.1) is 11.3 Å². The molecule has 0 unspecified atom stereocenters. The van der Waals surface area contributed by atoms with Crippen LogP contribution < -0.4 is 0 Å². The number of carbonyl (C=O) groups excluding carboxylic acids is 1. The van der Waals surface area contributed by atoms with Gasteiger partial charge in [0, 0.05) is 0 Å². The lowest BCUT2D eigenvalue weighted by Gasteiger charge is -2.00. The number of esters is 1.